The first-order chi connectivity index (χ1) is 12.9. The molecule has 0 radical (unpaired) electrons. The van der Waals surface area contributed by atoms with Crippen LogP contribution in [-0.2, 0) is 16.0 Å². The minimum atomic E-state index is -1.92. The third kappa shape index (κ3) is 5.58. The van der Waals surface area contributed by atoms with Gasteiger partial charge in [-0.1, -0.05) is 49.5 Å². The lowest BCUT2D eigenvalue weighted by atomic mass is 10.1. The Kier molecular flexibility index (Phi) is 7.44. The van der Waals surface area contributed by atoms with E-state index in [9.17, 15) is 4.79 Å². The summed E-state index contributed by atoms with van der Waals surface area (Å²) in [6, 6.07) is 15.5. The Bertz CT molecular complexity index is 749. The van der Waals surface area contributed by atoms with E-state index in [1.807, 2.05) is 42.5 Å². The van der Waals surface area contributed by atoms with Crippen LogP contribution < -0.4 is 20.0 Å². The molecule has 0 heterocycles. The van der Waals surface area contributed by atoms with Crippen molar-refractivity contribution in [2.75, 3.05) is 27.5 Å². The molecule has 0 amide bonds. The van der Waals surface area contributed by atoms with E-state index in [-0.39, 0.29) is 12.0 Å². The van der Waals surface area contributed by atoms with Crippen LogP contribution in [-0.4, -0.2) is 47.6 Å². The van der Waals surface area contributed by atoms with Crippen LogP contribution in [0, 0.1) is 0 Å². The first-order valence-electron chi connectivity index (χ1n) is 8.99. The topological polar surface area (TPSA) is 56.8 Å². The molecule has 0 fully saturated rings. The molecule has 146 valence electrons. The lowest BCUT2D eigenvalue weighted by Crippen LogP contribution is -2.55. The monoisotopic (exact) mass is 387 g/mol. The molecular formula is C21H29NO4Si. The maximum Gasteiger partial charge on any atom is 0.323 e. The van der Waals surface area contributed by atoms with Crippen molar-refractivity contribution in [1.82, 2.24) is 5.32 Å². The summed E-state index contributed by atoms with van der Waals surface area (Å²) in [6.45, 7) is 4.50. The normalized spacial score (nSPS) is 12.3. The standard InChI is InChI=1S/C21H29NO4Si/c1-24-17-11-12-20(19(14-17)25-2)27(4,5)15-22-18(21(23)26-3)13-16-9-7-6-8-10-16/h6-12,14,18,22H,13,15H2,1-5H3/t18-/m0/s1. The summed E-state index contributed by atoms with van der Waals surface area (Å²) in [7, 11) is 2.82. The van der Waals surface area contributed by atoms with E-state index in [2.05, 4.69) is 24.5 Å². The predicted molar refractivity (Wildman–Crippen MR) is 111 cm³/mol. The Morgan fingerprint density at radius 2 is 1.74 bits per heavy atom. The number of esters is 1. The fraction of sp³-hybridized carbons (Fsp3) is 0.381. The summed E-state index contributed by atoms with van der Waals surface area (Å²) in [5, 5.41) is 4.62. The van der Waals surface area contributed by atoms with Gasteiger partial charge >= 0.3 is 5.97 Å². The smallest absolute Gasteiger partial charge is 0.323 e. The number of ether oxygens (including phenoxy) is 3. The zero-order valence-corrected chi connectivity index (χ0v) is 17.7. The molecule has 6 heteroatoms. The molecule has 2 aromatic rings. The first-order valence-corrected chi connectivity index (χ1v) is 12.2. The highest BCUT2D eigenvalue weighted by molar-refractivity contribution is 6.90. The van der Waals surface area contributed by atoms with Crippen LogP contribution in [0.25, 0.3) is 0 Å². The first kappa shape index (κ1) is 21.0. The zero-order valence-electron chi connectivity index (χ0n) is 16.7. The Labute approximate surface area is 162 Å². The van der Waals surface area contributed by atoms with E-state index in [1.165, 1.54) is 12.3 Å². The summed E-state index contributed by atoms with van der Waals surface area (Å²) in [5.74, 6) is 1.35. The average molecular weight is 388 g/mol. The van der Waals surface area contributed by atoms with Gasteiger partial charge in [-0.05, 0) is 29.4 Å². The molecule has 0 aliphatic rings. The Morgan fingerprint density at radius 3 is 2.33 bits per heavy atom. The van der Waals surface area contributed by atoms with Gasteiger partial charge in [-0.15, -0.1) is 0 Å². The van der Waals surface area contributed by atoms with Gasteiger partial charge in [0.2, 0.25) is 0 Å². The summed E-state index contributed by atoms with van der Waals surface area (Å²) in [6.07, 6.45) is 1.32. The van der Waals surface area contributed by atoms with Crippen LogP contribution in [0.3, 0.4) is 0 Å². The fourth-order valence-corrected chi connectivity index (χ4v) is 5.39. The number of hydrogen-bond donors (Lipinski definition) is 1. The van der Waals surface area contributed by atoms with Crippen molar-refractivity contribution in [1.29, 1.82) is 0 Å². The largest absolute Gasteiger partial charge is 0.497 e. The maximum atomic E-state index is 12.3. The van der Waals surface area contributed by atoms with Crippen molar-refractivity contribution < 1.29 is 19.0 Å². The number of hydrogen-bond acceptors (Lipinski definition) is 5. The molecule has 1 atom stereocenters. The van der Waals surface area contributed by atoms with E-state index in [0.29, 0.717) is 6.42 Å². The Balaban J connectivity index is 2.16. The molecule has 0 bridgehead atoms. The number of carbonyl (C=O) groups is 1. The lowest BCUT2D eigenvalue weighted by molar-refractivity contribution is -0.143. The number of benzene rings is 2. The molecule has 27 heavy (non-hydrogen) atoms. The summed E-state index contributed by atoms with van der Waals surface area (Å²) in [4.78, 5) is 12.3. The zero-order chi connectivity index (χ0) is 19.9. The van der Waals surface area contributed by atoms with Crippen molar-refractivity contribution in [3.63, 3.8) is 0 Å². The molecule has 0 aliphatic carbocycles. The minimum absolute atomic E-state index is 0.245. The van der Waals surface area contributed by atoms with Gasteiger partial charge in [-0.2, -0.15) is 0 Å². The van der Waals surface area contributed by atoms with Gasteiger partial charge in [-0.3, -0.25) is 4.79 Å². The number of nitrogens with one attached hydrogen (secondary N) is 1. The maximum absolute atomic E-state index is 12.3. The predicted octanol–water partition coefficient (Wildman–Crippen LogP) is 2.53. The van der Waals surface area contributed by atoms with E-state index < -0.39 is 8.07 Å². The van der Waals surface area contributed by atoms with Crippen molar-refractivity contribution in [2.24, 2.45) is 0 Å². The number of methoxy groups -OCH3 is 3. The highest BCUT2D eigenvalue weighted by Crippen LogP contribution is 2.21. The van der Waals surface area contributed by atoms with Gasteiger partial charge in [0.25, 0.3) is 0 Å². The van der Waals surface area contributed by atoms with Crippen molar-refractivity contribution in [2.45, 2.75) is 25.6 Å². The molecule has 0 saturated carbocycles. The average Bonchev–Trinajstić information content (AvgIpc) is 2.70. The highest BCUT2D eigenvalue weighted by Gasteiger charge is 2.30. The van der Waals surface area contributed by atoms with Gasteiger partial charge in [-0.25, -0.2) is 0 Å². The fourth-order valence-electron chi connectivity index (χ4n) is 3.06. The second kappa shape index (κ2) is 9.57. The van der Waals surface area contributed by atoms with E-state index in [4.69, 9.17) is 14.2 Å². The number of carbonyl (C=O) groups excluding carboxylic acids is 1. The summed E-state index contributed by atoms with van der Waals surface area (Å²) >= 11 is 0. The van der Waals surface area contributed by atoms with E-state index in [0.717, 1.165) is 23.2 Å². The third-order valence-electron chi connectivity index (χ3n) is 4.70. The van der Waals surface area contributed by atoms with Crippen LogP contribution in [0.15, 0.2) is 48.5 Å². The van der Waals surface area contributed by atoms with E-state index in [1.54, 1.807) is 14.2 Å². The third-order valence-corrected chi connectivity index (χ3v) is 7.66. The SMILES string of the molecule is COC(=O)[C@H](Cc1ccccc1)NC[Si](C)(C)c1ccc(OC)cc1OC. The summed E-state index contributed by atoms with van der Waals surface area (Å²) in [5.41, 5.74) is 1.10. The molecule has 5 nitrogen and oxygen atoms in total. The van der Waals surface area contributed by atoms with Crippen molar-refractivity contribution in [3.8, 4) is 11.5 Å². The molecule has 2 aromatic carbocycles. The quantitative estimate of drug-likeness (QED) is 0.529. The van der Waals surface area contributed by atoms with Gasteiger partial charge < -0.3 is 19.5 Å². The summed E-state index contributed by atoms with van der Waals surface area (Å²) < 4.78 is 15.9. The van der Waals surface area contributed by atoms with Gasteiger partial charge in [0.05, 0.1) is 29.4 Å². The molecular weight excluding hydrogens is 358 g/mol. The Hall–Kier alpha value is -2.31. The Morgan fingerprint density at radius 1 is 1.04 bits per heavy atom. The van der Waals surface area contributed by atoms with Crippen LogP contribution in [0.2, 0.25) is 13.1 Å². The van der Waals surface area contributed by atoms with Gasteiger partial charge in [0, 0.05) is 6.07 Å². The minimum Gasteiger partial charge on any atom is -0.497 e. The van der Waals surface area contributed by atoms with Gasteiger partial charge in [0.1, 0.15) is 17.5 Å². The second-order valence-electron chi connectivity index (χ2n) is 7.10. The molecule has 0 spiro atoms. The van der Waals surface area contributed by atoms with Crippen LogP contribution in [0.5, 0.6) is 11.5 Å². The van der Waals surface area contributed by atoms with E-state index >= 15 is 0 Å². The second-order valence-corrected chi connectivity index (χ2v) is 11.8. The van der Waals surface area contributed by atoms with Crippen LogP contribution in [0.1, 0.15) is 5.56 Å². The molecule has 0 aromatic heterocycles. The van der Waals surface area contributed by atoms with Gasteiger partial charge in [0.15, 0.2) is 0 Å². The lowest BCUT2D eigenvalue weighted by Gasteiger charge is -2.28. The molecule has 2 rings (SSSR count). The molecule has 0 unspecified atom stereocenters. The molecule has 0 aliphatic heterocycles. The molecule has 1 N–H and O–H groups in total. The van der Waals surface area contributed by atoms with Crippen molar-refractivity contribution in [3.05, 3.63) is 54.1 Å². The van der Waals surface area contributed by atoms with Crippen LogP contribution >= 0.6 is 0 Å². The highest BCUT2D eigenvalue weighted by atomic mass is 28.3. The molecule has 0 saturated heterocycles. The van der Waals surface area contributed by atoms with Crippen molar-refractivity contribution >= 4 is 19.2 Å². The van der Waals surface area contributed by atoms with Crippen LogP contribution in [0.4, 0.5) is 0 Å². The number of rotatable bonds is 9.